The molecule has 0 bridgehead atoms. The fraction of sp³-hybridized carbons (Fsp3) is 0.333. The summed E-state index contributed by atoms with van der Waals surface area (Å²) >= 11 is 0. The smallest absolute Gasteiger partial charge is 0.276 e. The van der Waals surface area contributed by atoms with Crippen molar-refractivity contribution < 1.29 is 18.5 Å². The Labute approximate surface area is 163 Å². The molecule has 1 aliphatic rings. The van der Waals surface area contributed by atoms with E-state index in [1.54, 1.807) is 11.2 Å². The number of benzene rings is 1. The molecule has 0 N–H and O–H groups in total. The molecule has 1 amide bonds. The van der Waals surface area contributed by atoms with Crippen LogP contribution in [0.25, 0.3) is 11.3 Å². The average Bonchev–Trinajstić information content (AvgIpc) is 3.34. The minimum Gasteiger partial charge on any atom is -0.488 e. The van der Waals surface area contributed by atoms with Crippen LogP contribution in [-0.2, 0) is 13.2 Å². The molecule has 1 aliphatic heterocycles. The molecule has 2 aromatic heterocycles. The first kappa shape index (κ1) is 18.3. The van der Waals surface area contributed by atoms with Gasteiger partial charge in [-0.1, -0.05) is 16.8 Å². The van der Waals surface area contributed by atoms with Crippen LogP contribution in [0.4, 0.5) is 0 Å². The second-order valence-electron chi connectivity index (χ2n) is 7.24. The van der Waals surface area contributed by atoms with Crippen LogP contribution in [0, 0.1) is 6.92 Å². The number of likely N-dealkylation sites (N-methyl/N-ethyl adjacent to an activating group) is 1. The van der Waals surface area contributed by atoms with Gasteiger partial charge in [0.1, 0.15) is 18.1 Å². The first-order valence-corrected chi connectivity index (χ1v) is 9.21. The van der Waals surface area contributed by atoms with Gasteiger partial charge >= 0.3 is 0 Å². The van der Waals surface area contributed by atoms with Crippen LogP contribution in [0.5, 0.6) is 5.75 Å². The van der Waals surface area contributed by atoms with E-state index in [1.807, 2.05) is 56.3 Å². The molecule has 146 valence electrons. The Balaban J connectivity index is 1.65. The van der Waals surface area contributed by atoms with E-state index in [9.17, 15) is 4.79 Å². The highest BCUT2D eigenvalue weighted by Crippen LogP contribution is 2.39. The number of rotatable bonds is 6. The van der Waals surface area contributed by atoms with Gasteiger partial charge in [0, 0.05) is 13.1 Å². The number of hydrogen-bond acceptors (Lipinski definition) is 6. The van der Waals surface area contributed by atoms with Crippen molar-refractivity contribution in [2.75, 3.05) is 27.2 Å². The Morgan fingerprint density at radius 2 is 2.07 bits per heavy atom. The highest BCUT2D eigenvalue weighted by molar-refractivity contribution is 5.95. The number of carbonyl (C=O) groups excluding carboxylic acids is 1. The summed E-state index contributed by atoms with van der Waals surface area (Å²) in [7, 11) is 3.95. The van der Waals surface area contributed by atoms with Crippen LogP contribution in [0.2, 0.25) is 0 Å². The third kappa shape index (κ3) is 3.53. The van der Waals surface area contributed by atoms with Gasteiger partial charge in [0.2, 0.25) is 0 Å². The van der Waals surface area contributed by atoms with Gasteiger partial charge in [0.05, 0.1) is 23.9 Å². The van der Waals surface area contributed by atoms with Crippen molar-refractivity contribution in [3.8, 4) is 17.1 Å². The average molecular weight is 381 g/mol. The zero-order valence-electron chi connectivity index (χ0n) is 16.3. The first-order chi connectivity index (χ1) is 13.5. The summed E-state index contributed by atoms with van der Waals surface area (Å²) in [6.07, 6.45) is 1.61. The molecule has 7 nitrogen and oxygen atoms in total. The number of hydrogen-bond donors (Lipinski definition) is 0. The zero-order valence-corrected chi connectivity index (χ0v) is 16.3. The van der Waals surface area contributed by atoms with Crippen molar-refractivity contribution >= 4 is 5.91 Å². The van der Waals surface area contributed by atoms with E-state index < -0.39 is 0 Å². The predicted molar refractivity (Wildman–Crippen MR) is 103 cm³/mol. The number of aromatic nitrogens is 1. The molecule has 28 heavy (non-hydrogen) atoms. The van der Waals surface area contributed by atoms with Gasteiger partial charge < -0.3 is 23.5 Å². The Morgan fingerprint density at radius 1 is 1.21 bits per heavy atom. The molecular formula is C21H23N3O4. The normalized spacial score (nSPS) is 12.4. The number of carbonyl (C=O) groups is 1. The second-order valence-corrected chi connectivity index (χ2v) is 7.24. The molecule has 0 saturated heterocycles. The summed E-state index contributed by atoms with van der Waals surface area (Å²) < 4.78 is 16.9. The van der Waals surface area contributed by atoms with E-state index in [4.69, 9.17) is 13.7 Å². The lowest BCUT2D eigenvalue weighted by Gasteiger charge is -2.23. The monoisotopic (exact) mass is 381 g/mol. The summed E-state index contributed by atoms with van der Waals surface area (Å²) in [6, 6.07) is 9.56. The van der Waals surface area contributed by atoms with Gasteiger partial charge in [-0.15, -0.1) is 0 Å². The van der Waals surface area contributed by atoms with Crippen molar-refractivity contribution in [2.45, 2.75) is 20.1 Å². The third-order valence-corrected chi connectivity index (χ3v) is 4.77. The van der Waals surface area contributed by atoms with Crippen LogP contribution in [-0.4, -0.2) is 48.0 Å². The molecule has 7 heteroatoms. The van der Waals surface area contributed by atoms with Crippen LogP contribution in [0.3, 0.4) is 0 Å². The maximum Gasteiger partial charge on any atom is 0.276 e. The summed E-state index contributed by atoms with van der Waals surface area (Å²) in [5.74, 6) is 1.89. The van der Waals surface area contributed by atoms with Crippen LogP contribution in [0.1, 0.15) is 27.4 Å². The van der Waals surface area contributed by atoms with Crippen molar-refractivity contribution in [2.24, 2.45) is 0 Å². The molecule has 0 saturated carbocycles. The minimum atomic E-state index is -0.192. The lowest BCUT2D eigenvalue weighted by Crippen LogP contribution is -2.37. The molecule has 1 aromatic carbocycles. The standard InChI is InChI=1S/C21H23N3O4/c1-14-6-7-18-16(11-14)20-17(13-27-18)19(22-28-20)21(25)24(9-8-23(2)3)12-15-5-4-10-26-15/h4-7,10-11H,8-9,12-13H2,1-3H3. The number of ether oxygens (including phenoxy) is 1. The molecule has 3 heterocycles. The number of nitrogens with zero attached hydrogens (tertiary/aromatic N) is 3. The summed E-state index contributed by atoms with van der Waals surface area (Å²) in [4.78, 5) is 17.0. The van der Waals surface area contributed by atoms with Crippen molar-refractivity contribution in [3.63, 3.8) is 0 Å². The Morgan fingerprint density at radius 3 is 2.82 bits per heavy atom. The van der Waals surface area contributed by atoms with Crippen LogP contribution >= 0.6 is 0 Å². The Kier molecular flexibility index (Phi) is 4.92. The van der Waals surface area contributed by atoms with Crippen molar-refractivity contribution in [1.29, 1.82) is 0 Å². The van der Waals surface area contributed by atoms with Gasteiger partial charge in [0.25, 0.3) is 5.91 Å². The molecule has 0 atom stereocenters. The quantitative estimate of drug-likeness (QED) is 0.652. The topological polar surface area (TPSA) is 72.0 Å². The number of fused-ring (bicyclic) bond motifs is 3. The molecule has 4 rings (SSSR count). The highest BCUT2D eigenvalue weighted by Gasteiger charge is 2.31. The maximum absolute atomic E-state index is 13.3. The molecule has 0 aliphatic carbocycles. The Hall–Kier alpha value is -3.06. The number of aryl methyl sites for hydroxylation is 1. The number of amides is 1. The minimum absolute atomic E-state index is 0.192. The largest absolute Gasteiger partial charge is 0.488 e. The predicted octanol–water partition coefficient (Wildman–Crippen LogP) is 3.34. The fourth-order valence-corrected chi connectivity index (χ4v) is 3.23. The lowest BCUT2D eigenvalue weighted by molar-refractivity contribution is 0.0707. The van der Waals surface area contributed by atoms with E-state index >= 15 is 0 Å². The SMILES string of the molecule is Cc1ccc2c(c1)-c1onc(C(=O)N(CCN(C)C)Cc3ccco3)c1CO2. The van der Waals surface area contributed by atoms with Gasteiger partial charge in [-0.2, -0.15) is 0 Å². The molecule has 0 unspecified atom stereocenters. The summed E-state index contributed by atoms with van der Waals surface area (Å²) in [5.41, 5.74) is 2.91. The van der Waals surface area contributed by atoms with Gasteiger partial charge in [-0.3, -0.25) is 4.79 Å². The third-order valence-electron chi connectivity index (χ3n) is 4.77. The second kappa shape index (κ2) is 7.52. The first-order valence-electron chi connectivity index (χ1n) is 9.21. The van der Waals surface area contributed by atoms with Crippen LogP contribution in [0.15, 0.2) is 45.5 Å². The number of furan rings is 1. The highest BCUT2D eigenvalue weighted by atomic mass is 16.5. The van der Waals surface area contributed by atoms with Gasteiger partial charge in [0.15, 0.2) is 11.5 Å². The maximum atomic E-state index is 13.3. The molecule has 0 fully saturated rings. The summed E-state index contributed by atoms with van der Waals surface area (Å²) in [6.45, 7) is 3.91. The zero-order chi connectivity index (χ0) is 19.7. The molecular weight excluding hydrogens is 358 g/mol. The van der Waals surface area contributed by atoms with E-state index in [2.05, 4.69) is 5.16 Å². The van der Waals surface area contributed by atoms with Crippen molar-refractivity contribution in [3.05, 3.63) is 59.2 Å². The van der Waals surface area contributed by atoms with Gasteiger partial charge in [-0.05, 0) is 45.3 Å². The van der Waals surface area contributed by atoms with E-state index in [1.165, 1.54) is 0 Å². The molecule has 0 spiro atoms. The van der Waals surface area contributed by atoms with Gasteiger partial charge in [-0.25, -0.2) is 0 Å². The summed E-state index contributed by atoms with van der Waals surface area (Å²) in [5, 5.41) is 4.11. The Bertz CT molecular complexity index is 976. The lowest BCUT2D eigenvalue weighted by atomic mass is 10.0. The van der Waals surface area contributed by atoms with E-state index in [0.717, 1.165) is 29.2 Å². The van der Waals surface area contributed by atoms with E-state index in [0.29, 0.717) is 30.1 Å². The fourth-order valence-electron chi connectivity index (χ4n) is 3.23. The van der Waals surface area contributed by atoms with E-state index in [-0.39, 0.29) is 12.5 Å². The molecule has 0 radical (unpaired) electrons. The van der Waals surface area contributed by atoms with Crippen LogP contribution < -0.4 is 4.74 Å². The van der Waals surface area contributed by atoms with Crippen molar-refractivity contribution in [1.82, 2.24) is 15.0 Å². The molecule has 3 aromatic rings.